The molecule has 64 heavy (non-hydrogen) atoms. The molecule has 0 bridgehead atoms. The average Bonchev–Trinajstić information content (AvgIpc) is 4.18. The molecule has 0 atom stereocenters. The highest BCUT2D eigenvalue weighted by atomic mass is 32.1. The smallest absolute Gasteiger partial charge is 0.190 e. The van der Waals surface area contributed by atoms with Crippen LogP contribution >= 0.6 is 11.3 Å². The van der Waals surface area contributed by atoms with Crippen molar-refractivity contribution in [1.29, 1.82) is 0 Å². The van der Waals surface area contributed by atoms with Crippen molar-refractivity contribution in [2.24, 2.45) is 9.98 Å². The van der Waals surface area contributed by atoms with Gasteiger partial charge in [0.2, 0.25) is 0 Å². The molecule has 2 aliphatic heterocycles. The van der Waals surface area contributed by atoms with Gasteiger partial charge < -0.3 is 4.42 Å². The molecular weight excluding hydrogens is 805 g/mol. The van der Waals surface area contributed by atoms with E-state index < -0.39 is 0 Å². The van der Waals surface area contributed by atoms with Gasteiger partial charge in [0.1, 0.15) is 6.26 Å². The third-order valence-corrected chi connectivity index (χ3v) is 6.97. The second kappa shape index (κ2) is 67.0. The monoisotopic (exact) mass is 907 g/mol. The van der Waals surface area contributed by atoms with E-state index in [0.717, 1.165) is 40.8 Å². The van der Waals surface area contributed by atoms with Crippen LogP contribution in [-0.4, -0.2) is 37.9 Å². The first kappa shape index (κ1) is 82.6. The number of hydrogen-bond acceptors (Lipinski definition) is 8. The normalized spacial score (nSPS) is 9.11. The average molecular weight is 908 g/mol. The number of aromatic nitrogens is 4. The number of oxazole rings is 1. The minimum absolute atomic E-state index is 0. The number of hydrogen-bond donors (Lipinski definition) is 0. The summed E-state index contributed by atoms with van der Waals surface area (Å²) in [4.78, 5) is 24.1. The maximum absolute atomic E-state index is 4.72. The van der Waals surface area contributed by atoms with Gasteiger partial charge in [-0.3, -0.25) is 20.0 Å². The first-order chi connectivity index (χ1) is 28.9. The number of benzene rings is 2. The molecule has 0 radical (unpaired) electrons. The summed E-state index contributed by atoms with van der Waals surface area (Å²) in [6.45, 7) is 38.8. The van der Waals surface area contributed by atoms with Crippen molar-refractivity contribution < 1.29 is 4.42 Å². The van der Waals surface area contributed by atoms with Gasteiger partial charge in [0.25, 0.3) is 0 Å². The molecular formula is C56H102N6OS. The van der Waals surface area contributed by atoms with Crippen LogP contribution in [0.25, 0.3) is 21.0 Å². The SMILES string of the molecule is C.C.C.C.C.CC.CC.CC.CC.CC.CC.CC.CC1=NC=CC1.CC1=NCC=C1.Cc1nc2ccccc2s1.Cc1nccc2ccccc12.Cc1ncco1.c1ccncc1. The van der Waals surface area contributed by atoms with Gasteiger partial charge in [-0.2, -0.15) is 0 Å². The quantitative estimate of drug-likeness (QED) is 0.151. The number of rotatable bonds is 0. The van der Waals surface area contributed by atoms with Crippen LogP contribution in [0.15, 0.2) is 143 Å². The Morgan fingerprint density at radius 1 is 0.547 bits per heavy atom. The summed E-state index contributed by atoms with van der Waals surface area (Å²) < 4.78 is 6.00. The number of fused-ring (bicyclic) bond motifs is 2. The van der Waals surface area contributed by atoms with Gasteiger partial charge in [-0.1, -0.05) is 189 Å². The van der Waals surface area contributed by atoms with E-state index in [9.17, 15) is 0 Å². The maximum Gasteiger partial charge on any atom is 0.190 e. The lowest BCUT2D eigenvalue weighted by Gasteiger charge is -1.97. The van der Waals surface area contributed by atoms with Crippen molar-refractivity contribution in [2.75, 3.05) is 6.54 Å². The lowest BCUT2D eigenvalue weighted by Crippen LogP contribution is -1.80. The zero-order valence-corrected chi connectivity index (χ0v) is 41.4. The molecule has 0 spiro atoms. The molecule has 0 unspecified atom stereocenters. The summed E-state index contributed by atoms with van der Waals surface area (Å²) in [7, 11) is 0. The van der Waals surface area contributed by atoms with Gasteiger partial charge in [-0.05, 0) is 69.5 Å². The number of thiazole rings is 1. The molecule has 0 N–H and O–H groups in total. The van der Waals surface area contributed by atoms with Crippen molar-refractivity contribution in [2.45, 2.75) is 175 Å². The summed E-state index contributed by atoms with van der Waals surface area (Å²) in [6.07, 6.45) is 17.5. The molecule has 0 fully saturated rings. The summed E-state index contributed by atoms with van der Waals surface area (Å²) >= 11 is 1.74. The fourth-order valence-corrected chi connectivity index (χ4v) is 4.62. The van der Waals surface area contributed by atoms with Crippen molar-refractivity contribution in [3.8, 4) is 0 Å². The van der Waals surface area contributed by atoms with E-state index in [4.69, 9.17) is 4.42 Å². The third-order valence-electron chi connectivity index (χ3n) is 6.01. The third kappa shape index (κ3) is 46.4. The van der Waals surface area contributed by atoms with E-state index in [1.165, 1.54) is 21.2 Å². The van der Waals surface area contributed by atoms with Crippen LogP contribution in [0.5, 0.6) is 0 Å². The number of aliphatic imine (C=N–C) groups is 2. The molecule has 2 aromatic carbocycles. The largest absolute Gasteiger partial charge is 0.449 e. The molecule has 0 amide bonds. The Labute approximate surface area is 402 Å². The Kier molecular flexibility index (Phi) is 86.5. The molecule has 2 aliphatic rings. The van der Waals surface area contributed by atoms with Crippen molar-refractivity contribution in [3.63, 3.8) is 0 Å². The molecule has 0 saturated carbocycles. The number of allylic oxidation sites excluding steroid dienone is 2. The molecule has 8 rings (SSSR count). The summed E-state index contributed by atoms with van der Waals surface area (Å²) in [6, 6.07) is 24.2. The highest BCUT2D eigenvalue weighted by Crippen LogP contribution is 2.20. The van der Waals surface area contributed by atoms with Crippen LogP contribution < -0.4 is 0 Å². The highest BCUT2D eigenvalue weighted by Gasteiger charge is 1.96. The van der Waals surface area contributed by atoms with Crippen molar-refractivity contribution >= 4 is 43.7 Å². The molecule has 0 saturated heterocycles. The second-order valence-corrected chi connectivity index (χ2v) is 11.0. The number of para-hydroxylation sites is 1. The fourth-order valence-electron chi connectivity index (χ4n) is 3.79. The Morgan fingerprint density at radius 2 is 1.09 bits per heavy atom. The Morgan fingerprint density at radius 3 is 1.42 bits per heavy atom. The van der Waals surface area contributed by atoms with Crippen LogP contribution in [-0.2, 0) is 0 Å². The fraction of sp³-hybridized carbons (Fsp3) is 0.464. The van der Waals surface area contributed by atoms with E-state index in [0.29, 0.717) is 0 Å². The lowest BCUT2D eigenvalue weighted by atomic mass is 10.1. The first-order valence-electron chi connectivity index (χ1n) is 21.6. The molecule has 368 valence electrons. The van der Waals surface area contributed by atoms with E-state index >= 15 is 0 Å². The Bertz CT molecular complexity index is 1740. The van der Waals surface area contributed by atoms with Gasteiger partial charge in [0.05, 0.1) is 28.0 Å². The molecule has 0 aliphatic carbocycles. The van der Waals surface area contributed by atoms with Crippen molar-refractivity contribution in [1.82, 2.24) is 19.9 Å². The number of pyridine rings is 2. The van der Waals surface area contributed by atoms with Gasteiger partial charge >= 0.3 is 0 Å². The Hall–Kier alpha value is -5.08. The lowest BCUT2D eigenvalue weighted by molar-refractivity contribution is 0.521. The van der Waals surface area contributed by atoms with Crippen LogP contribution in [0.3, 0.4) is 0 Å². The summed E-state index contributed by atoms with van der Waals surface area (Å²) in [5.74, 6) is 0.718. The van der Waals surface area contributed by atoms with Gasteiger partial charge in [0, 0.05) is 60.6 Å². The molecule has 6 aromatic rings. The predicted molar refractivity (Wildman–Crippen MR) is 303 cm³/mol. The topological polar surface area (TPSA) is 89.4 Å². The van der Waals surface area contributed by atoms with Crippen LogP contribution in [0.2, 0.25) is 0 Å². The summed E-state index contributed by atoms with van der Waals surface area (Å²) in [5, 5.41) is 3.65. The standard InChI is InChI=1S/C10H9N.C8H7NS.2C5H7N.C5H5N.C4H5NO.7C2H6.5CH4/c1-8-10-5-3-2-4-9(10)6-7-11-8;1-6-9-7-4-2-3-5-8(7)10-6;2*1-5-3-2-4-6-5;1-2-4-6-5-3-1;1-4-5-2-3-6-4;7*1-2;;;;;/h2-7H,1H3;2-5H,1H3;2,4H,3H2,1H3;2-3H,4H2,1H3;1-5H;2-3H,1H3;7*1-2H3;5*1H4. The first-order valence-corrected chi connectivity index (χ1v) is 22.4. The molecule has 8 heteroatoms. The van der Waals surface area contributed by atoms with Crippen LogP contribution in [0.1, 0.15) is 171 Å². The van der Waals surface area contributed by atoms with Crippen molar-refractivity contribution in [3.05, 3.63) is 145 Å². The minimum Gasteiger partial charge on any atom is -0.449 e. The van der Waals surface area contributed by atoms with Gasteiger partial charge in [0.15, 0.2) is 5.89 Å². The zero-order chi connectivity index (χ0) is 46.1. The number of aryl methyl sites for hydroxylation is 3. The Balaban J connectivity index is -0.0000000646. The predicted octanol–water partition coefficient (Wildman–Crippen LogP) is 20.0. The second-order valence-electron chi connectivity index (χ2n) is 9.73. The summed E-state index contributed by atoms with van der Waals surface area (Å²) in [5.41, 5.74) is 4.58. The van der Waals surface area contributed by atoms with E-state index in [2.05, 4.69) is 60.3 Å². The van der Waals surface area contributed by atoms with Gasteiger partial charge in [-0.15, -0.1) is 11.3 Å². The van der Waals surface area contributed by atoms with Crippen LogP contribution in [0, 0.1) is 20.8 Å². The van der Waals surface area contributed by atoms with Gasteiger partial charge in [-0.25, -0.2) is 9.97 Å². The molecule has 4 aromatic heterocycles. The van der Waals surface area contributed by atoms with Crippen LogP contribution in [0.4, 0.5) is 0 Å². The van der Waals surface area contributed by atoms with E-state index in [-0.39, 0.29) is 37.1 Å². The highest BCUT2D eigenvalue weighted by molar-refractivity contribution is 7.18. The maximum atomic E-state index is 4.72. The van der Waals surface area contributed by atoms with E-state index in [1.807, 2.05) is 198 Å². The molecule has 7 nitrogen and oxygen atoms in total. The number of nitrogens with zero attached hydrogens (tertiary/aromatic N) is 6. The van der Waals surface area contributed by atoms with E-state index in [1.54, 1.807) is 43.1 Å². The minimum atomic E-state index is 0. The molecule has 6 heterocycles. The zero-order valence-electron chi connectivity index (χ0n) is 40.5.